The fraction of sp³-hybridized carbons (Fsp3) is 0.619. The molecule has 1 aromatic rings. The topological polar surface area (TPSA) is 27.7 Å². The van der Waals surface area contributed by atoms with Gasteiger partial charge in [-0.3, -0.25) is 4.90 Å². The maximum atomic E-state index is 5.73. The van der Waals surface area contributed by atoms with E-state index in [0.29, 0.717) is 0 Å². The van der Waals surface area contributed by atoms with Gasteiger partial charge in [0.05, 0.1) is 6.61 Å². The van der Waals surface area contributed by atoms with Gasteiger partial charge in [0.2, 0.25) is 0 Å². The molecular weight excluding hydrogens is 310 g/mol. The van der Waals surface area contributed by atoms with Gasteiger partial charge in [0.25, 0.3) is 0 Å². The number of rotatable bonds is 10. The molecule has 1 saturated heterocycles. The first-order valence-corrected chi connectivity index (χ1v) is 9.76. The van der Waals surface area contributed by atoms with E-state index < -0.39 is 0 Å². The molecule has 1 fully saturated rings. The number of nitrogens with one attached hydrogen (secondary N) is 1. The average Bonchev–Trinajstić information content (AvgIpc) is 2.68. The lowest BCUT2D eigenvalue weighted by atomic mass is 10.2. The average molecular weight is 348 g/mol. The second-order valence-electron chi connectivity index (χ2n) is 6.19. The third-order valence-corrected chi connectivity index (χ3v) is 4.36. The molecule has 0 spiro atoms. The van der Waals surface area contributed by atoms with Gasteiger partial charge in [0.1, 0.15) is 5.75 Å². The smallest absolute Gasteiger partial charge is 0.119 e. The fourth-order valence-corrected chi connectivity index (χ4v) is 2.84. The van der Waals surface area contributed by atoms with E-state index in [4.69, 9.17) is 4.74 Å². The minimum atomic E-state index is 0.823. The molecule has 0 aromatic heterocycles. The Balaban J connectivity index is 0.00000151. The Labute approximate surface area is 154 Å². The third kappa shape index (κ3) is 9.51. The largest absolute Gasteiger partial charge is 0.494 e. The van der Waals surface area contributed by atoms with Crippen molar-refractivity contribution in [3.8, 4) is 5.75 Å². The van der Waals surface area contributed by atoms with E-state index in [9.17, 15) is 0 Å². The van der Waals surface area contributed by atoms with Gasteiger partial charge in [0, 0.05) is 45.5 Å². The number of para-hydroxylation sites is 1. The van der Waals surface area contributed by atoms with E-state index >= 15 is 0 Å². The minimum absolute atomic E-state index is 0.823. The van der Waals surface area contributed by atoms with Crippen molar-refractivity contribution in [2.75, 3.05) is 52.9 Å². The molecule has 2 rings (SSSR count). The van der Waals surface area contributed by atoms with Gasteiger partial charge in [-0.1, -0.05) is 38.6 Å². The van der Waals surface area contributed by atoms with Crippen molar-refractivity contribution >= 4 is 0 Å². The second kappa shape index (κ2) is 13.7. The predicted octanol–water partition coefficient (Wildman–Crippen LogP) is 3.61. The highest BCUT2D eigenvalue weighted by atomic mass is 16.5. The Morgan fingerprint density at radius 1 is 1.00 bits per heavy atom. The standard InChI is InChI=1S/C19H31N3O.C2H6/c1-18(20-2)17-22-14-12-21(13-15-22)11-7-4-8-16-23-19-9-5-3-6-10-19;1-2/h3,5-6,9-10,20H,1,4,7-8,11-17H2,2H3;1-2H3. The van der Waals surface area contributed by atoms with Crippen LogP contribution in [0, 0.1) is 0 Å². The fourth-order valence-electron chi connectivity index (χ4n) is 2.84. The Morgan fingerprint density at radius 3 is 2.28 bits per heavy atom. The summed E-state index contributed by atoms with van der Waals surface area (Å²) in [6.45, 7) is 15.7. The first kappa shape index (κ1) is 21.5. The van der Waals surface area contributed by atoms with Crippen LogP contribution >= 0.6 is 0 Å². The number of piperazine rings is 1. The van der Waals surface area contributed by atoms with Crippen LogP contribution in [0.1, 0.15) is 33.1 Å². The Morgan fingerprint density at radius 2 is 1.64 bits per heavy atom. The molecule has 142 valence electrons. The van der Waals surface area contributed by atoms with Crippen LogP contribution < -0.4 is 10.1 Å². The van der Waals surface area contributed by atoms with Crippen molar-refractivity contribution < 1.29 is 4.74 Å². The van der Waals surface area contributed by atoms with Crippen LogP contribution in [0.15, 0.2) is 42.6 Å². The summed E-state index contributed by atoms with van der Waals surface area (Å²) in [6, 6.07) is 10.1. The van der Waals surface area contributed by atoms with Crippen LogP contribution in [0.2, 0.25) is 0 Å². The highest BCUT2D eigenvalue weighted by Gasteiger charge is 2.16. The lowest BCUT2D eigenvalue weighted by Crippen LogP contribution is -2.47. The maximum Gasteiger partial charge on any atom is 0.119 e. The molecule has 1 heterocycles. The lowest BCUT2D eigenvalue weighted by molar-refractivity contribution is 0.137. The Bertz CT molecular complexity index is 442. The summed E-state index contributed by atoms with van der Waals surface area (Å²) in [4.78, 5) is 5.06. The molecule has 0 amide bonds. The normalized spacial score (nSPS) is 15.2. The summed E-state index contributed by atoms with van der Waals surface area (Å²) in [6.07, 6.45) is 3.64. The van der Waals surface area contributed by atoms with Crippen molar-refractivity contribution in [3.63, 3.8) is 0 Å². The van der Waals surface area contributed by atoms with Gasteiger partial charge in [0.15, 0.2) is 0 Å². The van der Waals surface area contributed by atoms with Crippen LogP contribution in [-0.2, 0) is 0 Å². The summed E-state index contributed by atoms with van der Waals surface area (Å²) in [7, 11) is 1.94. The van der Waals surface area contributed by atoms with Crippen LogP contribution in [0.5, 0.6) is 5.75 Å². The molecule has 1 N–H and O–H groups in total. The summed E-state index contributed by atoms with van der Waals surface area (Å²) in [5.41, 5.74) is 1.11. The zero-order valence-corrected chi connectivity index (χ0v) is 16.5. The molecule has 0 unspecified atom stereocenters. The van der Waals surface area contributed by atoms with Crippen molar-refractivity contribution in [2.45, 2.75) is 33.1 Å². The summed E-state index contributed by atoms with van der Waals surface area (Å²) in [5.74, 6) is 0.978. The van der Waals surface area contributed by atoms with Crippen molar-refractivity contribution in [3.05, 3.63) is 42.6 Å². The molecule has 4 nitrogen and oxygen atoms in total. The van der Waals surface area contributed by atoms with E-state index in [1.54, 1.807) is 0 Å². The molecule has 0 aliphatic carbocycles. The molecule has 1 aliphatic rings. The summed E-state index contributed by atoms with van der Waals surface area (Å²) in [5, 5.41) is 3.13. The lowest BCUT2D eigenvalue weighted by Gasteiger charge is -2.35. The molecule has 25 heavy (non-hydrogen) atoms. The van der Waals surface area contributed by atoms with Crippen LogP contribution in [0.3, 0.4) is 0 Å². The molecule has 1 aromatic carbocycles. The zero-order valence-electron chi connectivity index (χ0n) is 16.5. The number of likely N-dealkylation sites (N-methyl/N-ethyl adjacent to an activating group) is 1. The van der Waals surface area contributed by atoms with Crippen molar-refractivity contribution in [1.82, 2.24) is 15.1 Å². The van der Waals surface area contributed by atoms with Gasteiger partial charge < -0.3 is 15.0 Å². The quantitative estimate of drug-likeness (QED) is 0.654. The third-order valence-electron chi connectivity index (χ3n) is 4.36. The molecule has 0 radical (unpaired) electrons. The van der Waals surface area contributed by atoms with Crippen molar-refractivity contribution in [1.29, 1.82) is 0 Å². The number of nitrogens with zero attached hydrogens (tertiary/aromatic N) is 2. The van der Waals surface area contributed by atoms with Crippen molar-refractivity contribution in [2.24, 2.45) is 0 Å². The number of benzene rings is 1. The van der Waals surface area contributed by atoms with E-state index in [2.05, 4.69) is 21.7 Å². The minimum Gasteiger partial charge on any atom is -0.494 e. The number of hydrogen-bond acceptors (Lipinski definition) is 4. The van der Waals surface area contributed by atoms with Crippen LogP contribution in [-0.4, -0.2) is 62.7 Å². The van der Waals surface area contributed by atoms with Crippen LogP contribution in [0.4, 0.5) is 0 Å². The van der Waals surface area contributed by atoms with E-state index in [1.165, 1.54) is 32.5 Å². The number of hydrogen-bond donors (Lipinski definition) is 1. The van der Waals surface area contributed by atoms with Gasteiger partial charge in [-0.05, 0) is 37.9 Å². The van der Waals surface area contributed by atoms with E-state index in [1.807, 2.05) is 51.2 Å². The predicted molar refractivity (Wildman–Crippen MR) is 108 cm³/mol. The molecule has 0 saturated carbocycles. The highest BCUT2D eigenvalue weighted by Crippen LogP contribution is 2.10. The molecular formula is C21H37N3O. The first-order valence-electron chi connectivity index (χ1n) is 9.76. The Hall–Kier alpha value is -1.52. The van der Waals surface area contributed by atoms with Gasteiger partial charge in [-0.25, -0.2) is 0 Å². The highest BCUT2D eigenvalue weighted by molar-refractivity contribution is 5.20. The number of ether oxygens (including phenoxy) is 1. The van der Waals surface area contributed by atoms with Gasteiger partial charge in [-0.2, -0.15) is 0 Å². The molecule has 0 bridgehead atoms. The molecule has 4 heteroatoms. The summed E-state index contributed by atoms with van der Waals surface area (Å²) < 4.78 is 5.73. The Kier molecular flexibility index (Phi) is 11.8. The first-order chi connectivity index (χ1) is 12.3. The monoisotopic (exact) mass is 347 g/mol. The zero-order chi connectivity index (χ0) is 18.3. The second-order valence-corrected chi connectivity index (χ2v) is 6.19. The molecule has 0 atom stereocenters. The van der Waals surface area contributed by atoms with Gasteiger partial charge in [-0.15, -0.1) is 0 Å². The number of unbranched alkanes of at least 4 members (excludes halogenated alkanes) is 2. The summed E-state index contributed by atoms with van der Waals surface area (Å²) >= 11 is 0. The van der Waals surface area contributed by atoms with Crippen LogP contribution in [0.25, 0.3) is 0 Å². The molecule has 1 aliphatic heterocycles. The van der Waals surface area contributed by atoms with E-state index in [-0.39, 0.29) is 0 Å². The SMILES string of the molecule is C=C(CN1CCN(CCCCCOc2ccccc2)CC1)NC.CC. The van der Waals surface area contributed by atoms with Gasteiger partial charge >= 0.3 is 0 Å². The maximum absolute atomic E-state index is 5.73. The van der Waals surface area contributed by atoms with E-state index in [0.717, 1.165) is 44.1 Å².